The number of rotatable bonds is 7. The summed E-state index contributed by atoms with van der Waals surface area (Å²) < 4.78 is 24.1. The molecule has 0 aromatic heterocycles. The highest BCUT2D eigenvalue weighted by Gasteiger charge is 2.15. The lowest BCUT2D eigenvalue weighted by atomic mass is 10.0. The minimum atomic E-state index is -1.82. The molecule has 0 bridgehead atoms. The normalized spacial score (nSPS) is 17.1. The van der Waals surface area contributed by atoms with E-state index >= 15 is 0 Å². The Morgan fingerprint density at radius 2 is 1.88 bits per heavy atom. The molecule has 1 unspecified atom stereocenters. The zero-order valence-electron chi connectivity index (χ0n) is 14.9. The molecule has 1 fully saturated rings. The van der Waals surface area contributed by atoms with Crippen LogP contribution < -0.4 is 4.74 Å². The van der Waals surface area contributed by atoms with Crippen molar-refractivity contribution in [2.75, 3.05) is 39.5 Å². The van der Waals surface area contributed by atoms with Crippen molar-refractivity contribution in [3.8, 4) is 5.75 Å². The number of carbonyl (C=O) groups is 2. The number of carboxylic acid groups (broad SMARTS) is 2. The molecule has 146 valence electrons. The van der Waals surface area contributed by atoms with Crippen molar-refractivity contribution in [1.29, 1.82) is 0 Å². The Hall–Kier alpha value is -2.19. The van der Waals surface area contributed by atoms with Gasteiger partial charge in [-0.25, -0.2) is 14.0 Å². The van der Waals surface area contributed by atoms with Crippen molar-refractivity contribution in [3.05, 3.63) is 30.1 Å². The predicted molar refractivity (Wildman–Crippen MR) is 92.8 cm³/mol. The van der Waals surface area contributed by atoms with Gasteiger partial charge in [0.15, 0.2) is 11.6 Å². The summed E-state index contributed by atoms with van der Waals surface area (Å²) in [5.41, 5.74) is 0. The summed E-state index contributed by atoms with van der Waals surface area (Å²) in [6.45, 7) is 7.23. The highest BCUT2D eigenvalue weighted by Crippen LogP contribution is 2.15. The van der Waals surface area contributed by atoms with Gasteiger partial charge in [-0.3, -0.25) is 0 Å². The third-order valence-electron chi connectivity index (χ3n) is 3.80. The fourth-order valence-corrected chi connectivity index (χ4v) is 2.56. The van der Waals surface area contributed by atoms with Gasteiger partial charge in [-0.1, -0.05) is 19.1 Å². The van der Waals surface area contributed by atoms with E-state index in [-0.39, 0.29) is 5.82 Å². The lowest BCUT2D eigenvalue weighted by Gasteiger charge is -2.30. The maximum Gasteiger partial charge on any atom is 0.414 e. The van der Waals surface area contributed by atoms with Crippen molar-refractivity contribution in [2.24, 2.45) is 5.92 Å². The number of hydrogen-bond donors (Lipinski definition) is 2. The molecule has 0 spiro atoms. The summed E-state index contributed by atoms with van der Waals surface area (Å²) in [6.07, 6.45) is 2.63. The van der Waals surface area contributed by atoms with E-state index < -0.39 is 11.9 Å². The molecule has 1 atom stereocenters. The summed E-state index contributed by atoms with van der Waals surface area (Å²) in [5, 5.41) is 14.8. The lowest BCUT2D eigenvalue weighted by molar-refractivity contribution is -0.159. The van der Waals surface area contributed by atoms with Gasteiger partial charge in [-0.2, -0.15) is 0 Å². The summed E-state index contributed by atoms with van der Waals surface area (Å²) in [4.78, 5) is 20.6. The van der Waals surface area contributed by atoms with Crippen molar-refractivity contribution in [3.63, 3.8) is 0 Å². The molecule has 1 aliphatic rings. The number of aliphatic carboxylic acids is 2. The van der Waals surface area contributed by atoms with Gasteiger partial charge >= 0.3 is 11.9 Å². The number of benzene rings is 1. The highest BCUT2D eigenvalue weighted by molar-refractivity contribution is 6.27. The van der Waals surface area contributed by atoms with Crippen LogP contribution in [0.1, 0.15) is 19.8 Å². The summed E-state index contributed by atoms with van der Waals surface area (Å²) >= 11 is 0. The van der Waals surface area contributed by atoms with Gasteiger partial charge in [-0.15, -0.1) is 0 Å². The number of nitrogens with zero attached hydrogens (tertiary/aromatic N) is 1. The van der Waals surface area contributed by atoms with Gasteiger partial charge < -0.3 is 24.6 Å². The van der Waals surface area contributed by atoms with Crippen LogP contribution in [-0.2, 0) is 14.3 Å². The van der Waals surface area contributed by atoms with E-state index in [1.807, 2.05) is 0 Å². The molecule has 0 aliphatic carbocycles. The number of hydrogen-bond acceptors (Lipinski definition) is 5. The number of para-hydroxylation sites is 1. The van der Waals surface area contributed by atoms with Gasteiger partial charge in [0.2, 0.25) is 0 Å². The lowest BCUT2D eigenvalue weighted by Crippen LogP contribution is -2.36. The fraction of sp³-hybridized carbons (Fsp3) is 0.556. The van der Waals surface area contributed by atoms with Crippen LogP contribution in [0.5, 0.6) is 5.75 Å². The van der Waals surface area contributed by atoms with Crippen molar-refractivity contribution < 1.29 is 33.7 Å². The van der Waals surface area contributed by atoms with E-state index in [9.17, 15) is 4.39 Å². The van der Waals surface area contributed by atoms with E-state index in [0.717, 1.165) is 12.5 Å². The molecule has 0 saturated carbocycles. The Balaban J connectivity index is 0.000000487. The molecule has 0 radical (unpaired) electrons. The molecule has 0 amide bonds. The van der Waals surface area contributed by atoms with E-state index in [2.05, 4.69) is 11.8 Å². The van der Waals surface area contributed by atoms with Gasteiger partial charge in [0, 0.05) is 13.1 Å². The minimum absolute atomic E-state index is 0.293. The molecule has 2 rings (SSSR count). The van der Waals surface area contributed by atoms with Crippen LogP contribution in [0, 0.1) is 11.7 Å². The predicted octanol–water partition coefficient (Wildman–Crippen LogP) is 2.11. The Labute approximate surface area is 152 Å². The second-order valence-electron chi connectivity index (χ2n) is 6.05. The SMILES string of the molecule is CC1CCCN(CCOCCOc2ccccc2F)C1.O=C(O)C(=O)O. The molecule has 26 heavy (non-hydrogen) atoms. The molecule has 1 heterocycles. The molecule has 1 saturated heterocycles. The molecular weight excluding hydrogens is 345 g/mol. The zero-order valence-corrected chi connectivity index (χ0v) is 14.9. The van der Waals surface area contributed by atoms with Crippen molar-refractivity contribution in [1.82, 2.24) is 4.90 Å². The molecule has 8 heteroatoms. The van der Waals surface area contributed by atoms with Crippen molar-refractivity contribution >= 4 is 11.9 Å². The fourth-order valence-electron chi connectivity index (χ4n) is 2.56. The third kappa shape index (κ3) is 9.33. The second-order valence-corrected chi connectivity index (χ2v) is 6.05. The first-order valence-electron chi connectivity index (χ1n) is 8.53. The number of ether oxygens (including phenoxy) is 2. The average Bonchev–Trinajstić information content (AvgIpc) is 2.60. The first-order chi connectivity index (χ1) is 12.4. The standard InChI is InChI=1S/C16H24FNO2.C2H2O4/c1-14-5-4-8-18(13-14)9-10-19-11-12-20-16-7-3-2-6-15(16)17;3-1(4)2(5)6/h2-3,6-7,14H,4-5,8-13H2,1H3;(H,3,4)(H,5,6). The van der Waals surface area contributed by atoms with Crippen LogP contribution in [0.3, 0.4) is 0 Å². The van der Waals surface area contributed by atoms with Crippen molar-refractivity contribution in [2.45, 2.75) is 19.8 Å². The number of piperidine rings is 1. The second kappa shape index (κ2) is 12.2. The molecule has 1 aliphatic heterocycles. The molecular formula is C18H26FNO6. The van der Waals surface area contributed by atoms with Crippen LogP contribution in [0.25, 0.3) is 0 Å². The number of halogens is 1. The smallest absolute Gasteiger partial charge is 0.414 e. The molecule has 2 N–H and O–H groups in total. The topological polar surface area (TPSA) is 96.3 Å². The summed E-state index contributed by atoms with van der Waals surface area (Å²) in [5.74, 6) is -2.88. The van der Waals surface area contributed by atoms with E-state index in [1.165, 1.54) is 32.0 Å². The summed E-state index contributed by atoms with van der Waals surface area (Å²) in [7, 11) is 0. The Kier molecular flexibility index (Phi) is 10.3. The number of likely N-dealkylation sites (tertiary alicyclic amines) is 1. The summed E-state index contributed by atoms with van der Waals surface area (Å²) in [6, 6.07) is 6.44. The molecule has 1 aromatic carbocycles. The maximum absolute atomic E-state index is 13.3. The van der Waals surface area contributed by atoms with E-state index in [1.54, 1.807) is 18.2 Å². The zero-order chi connectivity index (χ0) is 19.4. The Morgan fingerprint density at radius 3 is 2.50 bits per heavy atom. The monoisotopic (exact) mass is 371 g/mol. The van der Waals surface area contributed by atoms with E-state index in [4.69, 9.17) is 29.3 Å². The quantitative estimate of drug-likeness (QED) is 0.560. The van der Waals surface area contributed by atoms with Crippen LogP contribution in [-0.4, -0.2) is 66.5 Å². The maximum atomic E-state index is 13.3. The first-order valence-corrected chi connectivity index (χ1v) is 8.53. The molecule has 7 nitrogen and oxygen atoms in total. The van der Waals surface area contributed by atoms with E-state index in [0.29, 0.717) is 25.6 Å². The number of carboxylic acids is 2. The molecule has 1 aromatic rings. The van der Waals surface area contributed by atoms with Crippen LogP contribution in [0.2, 0.25) is 0 Å². The largest absolute Gasteiger partial charge is 0.488 e. The Morgan fingerprint density at radius 1 is 1.19 bits per heavy atom. The van der Waals surface area contributed by atoms with Crippen LogP contribution in [0.15, 0.2) is 24.3 Å². The Bertz CT molecular complexity index is 556. The van der Waals surface area contributed by atoms with Gasteiger partial charge in [-0.05, 0) is 37.4 Å². The minimum Gasteiger partial charge on any atom is -0.488 e. The van der Waals surface area contributed by atoms with Gasteiger partial charge in [0.1, 0.15) is 6.61 Å². The first kappa shape index (κ1) is 21.9. The van der Waals surface area contributed by atoms with Gasteiger partial charge in [0.25, 0.3) is 0 Å². The van der Waals surface area contributed by atoms with Crippen LogP contribution >= 0.6 is 0 Å². The van der Waals surface area contributed by atoms with Crippen LogP contribution in [0.4, 0.5) is 4.39 Å². The third-order valence-corrected chi connectivity index (χ3v) is 3.80. The van der Waals surface area contributed by atoms with Gasteiger partial charge in [0.05, 0.1) is 13.2 Å². The highest BCUT2D eigenvalue weighted by atomic mass is 19.1. The average molecular weight is 371 g/mol.